The van der Waals surface area contributed by atoms with Gasteiger partial charge in [-0.15, -0.1) is 0 Å². The Morgan fingerprint density at radius 3 is 0.316 bits per heavy atom. The fraction of sp³-hybridized carbons (Fsp3) is 0.805. The Hall–Kier alpha value is 8.51. The van der Waals surface area contributed by atoms with Crippen molar-refractivity contribution in [1.82, 2.24) is 0 Å². The normalized spacial score (nSPS) is 7.68. The SMILES string of the molecule is CC(C)(O)O.C[C-](C)C.C[C-](C)C.C[C-](C)C.C[C-](C)C.C[C-](C)C.C[C-](C)C.C[C-](C)C.C[C-](C)C.OCCCO.OCCO.OCO.[Y].[Y].[Y].[Y].[Y].[Y].[Y].[Y]. The molecule has 0 bridgehead atoms. The monoisotopic (exact) mass is 1430 g/mol. The third kappa shape index (κ3) is 1900. The van der Waals surface area contributed by atoms with Crippen molar-refractivity contribution in [1.29, 1.82) is 0 Å². The summed E-state index contributed by atoms with van der Waals surface area (Å²) < 4.78 is 0. The van der Waals surface area contributed by atoms with Crippen LogP contribution in [-0.2, 0) is 262 Å². The van der Waals surface area contributed by atoms with Crippen molar-refractivity contribution in [2.45, 2.75) is 192 Å². The van der Waals surface area contributed by atoms with Crippen LogP contribution in [0.3, 0.4) is 0 Å². The Labute approximate surface area is 564 Å². The molecule has 0 spiro atoms. The summed E-state index contributed by atoms with van der Waals surface area (Å²) in [7, 11) is 0. The minimum atomic E-state index is -1.50. The molecule has 0 aromatic heterocycles. The van der Waals surface area contributed by atoms with E-state index in [-0.39, 0.29) is 288 Å². The van der Waals surface area contributed by atoms with Crippen molar-refractivity contribution in [3.05, 3.63) is 47.3 Å². The van der Waals surface area contributed by atoms with Crippen LogP contribution < -0.4 is 0 Å². The van der Waals surface area contributed by atoms with Gasteiger partial charge < -0.3 is 88.2 Å². The zero-order valence-corrected chi connectivity index (χ0v) is 65.6. The predicted octanol–water partition coefficient (Wildman–Crippen LogP) is 9.91. The van der Waals surface area contributed by atoms with Gasteiger partial charge in [0.05, 0.1) is 13.2 Å². The summed E-state index contributed by atoms with van der Waals surface area (Å²) in [6.07, 6.45) is 0.500. The minimum absolute atomic E-state index is 0. The zero-order chi connectivity index (χ0) is 43.4. The van der Waals surface area contributed by atoms with E-state index in [1.807, 2.05) is 0 Å². The van der Waals surface area contributed by atoms with Crippen LogP contribution in [0.4, 0.5) is 0 Å². The van der Waals surface area contributed by atoms with Crippen molar-refractivity contribution in [3.63, 3.8) is 0 Å². The Morgan fingerprint density at radius 2 is 0.316 bits per heavy atom. The average Bonchev–Trinajstić information content (AvgIpc) is 2.76. The van der Waals surface area contributed by atoms with E-state index in [4.69, 9.17) is 40.9 Å². The molecule has 342 valence electrons. The van der Waals surface area contributed by atoms with Crippen molar-refractivity contribution in [2.24, 2.45) is 0 Å². The van der Waals surface area contributed by atoms with Gasteiger partial charge in [0.1, 0.15) is 6.79 Å². The molecule has 0 fully saturated rings. The molecule has 8 nitrogen and oxygen atoms in total. The molecule has 0 aromatic carbocycles. The fourth-order valence-corrected chi connectivity index (χ4v) is 0.0707. The van der Waals surface area contributed by atoms with Crippen LogP contribution in [0.15, 0.2) is 0 Å². The van der Waals surface area contributed by atoms with Crippen LogP contribution in [0, 0.1) is 47.3 Å². The third-order valence-electron chi connectivity index (χ3n) is 0.416. The van der Waals surface area contributed by atoms with E-state index >= 15 is 0 Å². The summed E-state index contributed by atoms with van der Waals surface area (Å²) >= 11 is 0. The first-order valence-corrected chi connectivity index (χ1v) is 16.8. The molecule has 8 N–H and O–H groups in total. The summed E-state index contributed by atoms with van der Waals surface area (Å²) in [5.74, 6) is 9.83. The molecular formula is C41H98O8Y8-8. The van der Waals surface area contributed by atoms with Gasteiger partial charge in [-0.25, -0.2) is 0 Å². The smallest absolute Gasteiger partial charge is 0.156 e. The van der Waals surface area contributed by atoms with Crippen LogP contribution in [0.1, 0.15) is 186 Å². The first-order chi connectivity index (χ1) is 21.6. The Kier molecular flexibility index (Phi) is 303. The summed E-state index contributed by atoms with van der Waals surface area (Å²) in [5, 5.41) is 61.5. The summed E-state index contributed by atoms with van der Waals surface area (Å²) in [5.41, 5.74) is 0. The standard InChI is InChI=1S/8C4H9.2C3H8O2.C2H6O2.CH4O2.8Y/c8*1-4(2)3;1-3(2,4)5;4-2-1-3-5;3-1-2-4;2-1-3;;;;;;;;/h8*1-3H3;4-5H,1-2H3;4-5H,1-3H2;3-4H,1-2H2;2-3H,1H2;;;;;;;;/q8*-1;;;;;;;;;;;;. The summed E-state index contributed by atoms with van der Waals surface area (Å²) in [6.45, 7) is 51.8. The second kappa shape index (κ2) is 131. The van der Waals surface area contributed by atoms with Crippen LogP contribution in [-0.4, -0.2) is 79.9 Å². The quantitative estimate of drug-likeness (QED) is 0.102. The molecule has 0 amide bonds. The summed E-state index contributed by atoms with van der Waals surface area (Å²) in [4.78, 5) is 0. The van der Waals surface area contributed by atoms with E-state index in [2.05, 4.69) is 166 Å². The van der Waals surface area contributed by atoms with Crippen molar-refractivity contribution >= 4 is 0 Å². The Morgan fingerprint density at radius 1 is 0.263 bits per heavy atom. The van der Waals surface area contributed by atoms with Crippen molar-refractivity contribution in [3.8, 4) is 0 Å². The Bertz CT molecular complexity index is 308. The largest absolute Gasteiger partial charge is 0.396 e. The number of hydrogen-bond acceptors (Lipinski definition) is 8. The van der Waals surface area contributed by atoms with Gasteiger partial charge in [0.25, 0.3) is 0 Å². The fourth-order valence-electron chi connectivity index (χ4n) is 0.0707. The van der Waals surface area contributed by atoms with E-state index in [0.29, 0.717) is 6.42 Å². The predicted molar refractivity (Wildman–Crippen MR) is 223 cm³/mol. The van der Waals surface area contributed by atoms with Crippen molar-refractivity contribution in [2.75, 3.05) is 33.2 Å². The van der Waals surface area contributed by atoms with Crippen LogP contribution >= 0.6 is 0 Å². The van der Waals surface area contributed by atoms with E-state index in [1.165, 1.54) is 61.2 Å². The molecule has 0 saturated heterocycles. The molecule has 0 unspecified atom stereocenters. The molecule has 0 aromatic rings. The minimum Gasteiger partial charge on any atom is -0.396 e. The van der Waals surface area contributed by atoms with Gasteiger partial charge in [-0.05, 0) is 20.3 Å². The van der Waals surface area contributed by atoms with Gasteiger partial charge >= 0.3 is 0 Å². The van der Waals surface area contributed by atoms with Gasteiger partial charge in [0, 0.05) is 275 Å². The van der Waals surface area contributed by atoms with Crippen LogP contribution in [0.2, 0.25) is 0 Å². The van der Waals surface area contributed by atoms with Crippen LogP contribution in [0.25, 0.3) is 0 Å². The number of aliphatic hydroxyl groups is 8. The maximum atomic E-state index is 8.08. The molecule has 0 saturated carbocycles. The maximum absolute atomic E-state index is 8.08. The molecule has 0 aliphatic heterocycles. The Balaban J connectivity index is -0.0000000144. The van der Waals surface area contributed by atoms with Gasteiger partial charge in [0.2, 0.25) is 0 Å². The maximum Gasteiger partial charge on any atom is 0.156 e. The first kappa shape index (κ1) is 132. The zero-order valence-electron chi connectivity index (χ0n) is 42.9. The topological polar surface area (TPSA) is 162 Å². The van der Waals surface area contributed by atoms with Crippen molar-refractivity contribution < 1.29 is 303 Å². The van der Waals surface area contributed by atoms with Gasteiger partial charge in [-0.2, -0.15) is 166 Å². The molecule has 0 aliphatic rings. The molecule has 16 heteroatoms. The van der Waals surface area contributed by atoms with Gasteiger partial charge in [0.15, 0.2) is 5.79 Å². The average molecular weight is 1430 g/mol. The van der Waals surface area contributed by atoms with E-state index < -0.39 is 12.6 Å². The molecule has 0 heterocycles. The van der Waals surface area contributed by atoms with Gasteiger partial charge in [-0.1, -0.05) is 0 Å². The van der Waals surface area contributed by atoms with E-state index in [9.17, 15) is 0 Å². The van der Waals surface area contributed by atoms with Gasteiger partial charge in [-0.3, -0.25) is 0 Å². The molecule has 0 rings (SSSR count). The van der Waals surface area contributed by atoms with Crippen LogP contribution in [0.5, 0.6) is 0 Å². The molecular weight excluding hydrogens is 1330 g/mol. The molecule has 0 aliphatic carbocycles. The molecule has 8 radical (unpaired) electrons. The number of hydrogen-bond donors (Lipinski definition) is 8. The molecule has 57 heavy (non-hydrogen) atoms. The van der Waals surface area contributed by atoms with E-state index in [0.717, 1.165) is 0 Å². The van der Waals surface area contributed by atoms with E-state index in [1.54, 1.807) is 0 Å². The number of aliphatic hydroxyl groups excluding tert-OH is 5. The first-order valence-electron chi connectivity index (χ1n) is 16.8. The molecule has 0 atom stereocenters. The second-order valence-corrected chi connectivity index (χ2v) is 14.9. The number of rotatable bonds is 3. The summed E-state index contributed by atoms with van der Waals surface area (Å²) in [6, 6.07) is 0. The third-order valence-corrected chi connectivity index (χ3v) is 0.416. The second-order valence-electron chi connectivity index (χ2n) is 14.9.